The van der Waals surface area contributed by atoms with Crippen molar-refractivity contribution in [3.05, 3.63) is 24.4 Å². The fourth-order valence-corrected chi connectivity index (χ4v) is 1.29. The van der Waals surface area contributed by atoms with Crippen LogP contribution in [0.1, 0.15) is 0 Å². The first-order valence-corrected chi connectivity index (χ1v) is 4.63. The standard InChI is InChI=1S/C10H6N2O6/c13-9(14)17-6-4-5-2-1-3-11-7(5)12-8(6)18-10(15)16/h1-4H,(H,13,14)(H,15,16). The van der Waals surface area contributed by atoms with Crippen molar-refractivity contribution in [3.63, 3.8) is 0 Å². The Morgan fingerprint density at radius 2 is 1.89 bits per heavy atom. The third kappa shape index (κ3) is 2.43. The van der Waals surface area contributed by atoms with E-state index in [4.69, 9.17) is 10.2 Å². The summed E-state index contributed by atoms with van der Waals surface area (Å²) in [4.78, 5) is 28.6. The molecule has 0 aromatic carbocycles. The van der Waals surface area contributed by atoms with Gasteiger partial charge in [0.2, 0.25) is 0 Å². The van der Waals surface area contributed by atoms with Crippen LogP contribution in [0.2, 0.25) is 0 Å². The molecule has 0 atom stereocenters. The first kappa shape index (κ1) is 11.6. The Kier molecular flexibility index (Phi) is 2.92. The zero-order chi connectivity index (χ0) is 13.1. The summed E-state index contributed by atoms with van der Waals surface area (Å²) in [6.07, 6.45) is -1.78. The third-order valence-electron chi connectivity index (χ3n) is 1.90. The molecule has 92 valence electrons. The summed E-state index contributed by atoms with van der Waals surface area (Å²) in [5.74, 6) is -0.790. The number of hydrogen-bond donors (Lipinski definition) is 2. The largest absolute Gasteiger partial charge is 0.512 e. The van der Waals surface area contributed by atoms with Crippen LogP contribution < -0.4 is 9.47 Å². The fraction of sp³-hybridized carbons (Fsp3) is 0. The summed E-state index contributed by atoms with van der Waals surface area (Å²) in [6, 6.07) is 4.52. The van der Waals surface area contributed by atoms with E-state index in [1.54, 1.807) is 12.1 Å². The van der Waals surface area contributed by atoms with Gasteiger partial charge in [-0.1, -0.05) is 0 Å². The van der Waals surface area contributed by atoms with Crippen LogP contribution >= 0.6 is 0 Å². The Labute approximate surface area is 99.4 Å². The highest BCUT2D eigenvalue weighted by atomic mass is 16.7. The molecule has 0 aliphatic rings. The van der Waals surface area contributed by atoms with Crippen molar-refractivity contribution in [2.75, 3.05) is 0 Å². The Morgan fingerprint density at radius 3 is 2.56 bits per heavy atom. The maximum atomic E-state index is 10.5. The maximum Gasteiger partial charge on any atom is 0.512 e. The van der Waals surface area contributed by atoms with Crippen molar-refractivity contribution in [1.29, 1.82) is 0 Å². The normalized spacial score (nSPS) is 10.0. The van der Waals surface area contributed by atoms with Crippen LogP contribution in [0, 0.1) is 0 Å². The smallest absolute Gasteiger partial charge is 0.449 e. The molecule has 8 nitrogen and oxygen atoms in total. The van der Waals surface area contributed by atoms with E-state index < -0.39 is 18.2 Å². The van der Waals surface area contributed by atoms with Gasteiger partial charge < -0.3 is 19.7 Å². The molecule has 2 aromatic rings. The van der Waals surface area contributed by atoms with Crippen molar-refractivity contribution >= 4 is 23.3 Å². The molecular formula is C10H6N2O6. The van der Waals surface area contributed by atoms with E-state index in [0.29, 0.717) is 5.39 Å². The zero-order valence-electron chi connectivity index (χ0n) is 8.73. The second kappa shape index (κ2) is 4.53. The van der Waals surface area contributed by atoms with E-state index in [9.17, 15) is 9.59 Å². The zero-order valence-corrected chi connectivity index (χ0v) is 8.73. The molecule has 2 rings (SSSR count). The van der Waals surface area contributed by atoms with Crippen LogP contribution in [0.5, 0.6) is 11.6 Å². The number of nitrogens with zero attached hydrogens (tertiary/aromatic N) is 2. The predicted octanol–water partition coefficient (Wildman–Crippen LogP) is 1.74. The molecule has 18 heavy (non-hydrogen) atoms. The molecule has 0 aliphatic heterocycles. The summed E-state index contributed by atoms with van der Waals surface area (Å²) >= 11 is 0. The van der Waals surface area contributed by atoms with Crippen LogP contribution in [-0.2, 0) is 0 Å². The van der Waals surface area contributed by atoms with E-state index >= 15 is 0 Å². The van der Waals surface area contributed by atoms with Gasteiger partial charge in [-0.25, -0.2) is 14.6 Å². The molecule has 0 saturated carbocycles. The molecule has 0 bridgehead atoms. The minimum Gasteiger partial charge on any atom is -0.449 e. The molecule has 8 heteroatoms. The van der Waals surface area contributed by atoms with Gasteiger partial charge in [0.1, 0.15) is 0 Å². The summed E-state index contributed by atoms with van der Waals surface area (Å²) in [6.45, 7) is 0. The second-order valence-corrected chi connectivity index (χ2v) is 3.08. The highest BCUT2D eigenvalue weighted by Gasteiger charge is 2.16. The molecule has 0 radical (unpaired) electrons. The SMILES string of the molecule is O=C(O)Oc1cc2cccnc2nc1OC(=O)O. The molecule has 2 aromatic heterocycles. The third-order valence-corrected chi connectivity index (χ3v) is 1.90. The van der Waals surface area contributed by atoms with Crippen LogP contribution in [-0.4, -0.2) is 32.5 Å². The Balaban J connectivity index is 2.55. The van der Waals surface area contributed by atoms with Gasteiger partial charge in [0.25, 0.3) is 5.88 Å². The lowest BCUT2D eigenvalue weighted by molar-refractivity contribution is 0.131. The van der Waals surface area contributed by atoms with E-state index in [1.807, 2.05) is 0 Å². The van der Waals surface area contributed by atoms with Crippen LogP contribution in [0.15, 0.2) is 24.4 Å². The van der Waals surface area contributed by atoms with E-state index in [0.717, 1.165) is 0 Å². The monoisotopic (exact) mass is 250 g/mol. The van der Waals surface area contributed by atoms with Crippen molar-refractivity contribution in [1.82, 2.24) is 9.97 Å². The summed E-state index contributed by atoms with van der Waals surface area (Å²) in [7, 11) is 0. The second-order valence-electron chi connectivity index (χ2n) is 3.08. The minimum absolute atomic E-state index is 0.214. The van der Waals surface area contributed by atoms with E-state index in [1.165, 1.54) is 12.3 Å². The van der Waals surface area contributed by atoms with Crippen LogP contribution in [0.4, 0.5) is 9.59 Å². The van der Waals surface area contributed by atoms with Crippen molar-refractivity contribution in [2.24, 2.45) is 0 Å². The quantitative estimate of drug-likeness (QED) is 0.773. The molecular weight excluding hydrogens is 244 g/mol. The van der Waals surface area contributed by atoms with E-state index in [-0.39, 0.29) is 11.4 Å². The number of hydrogen-bond acceptors (Lipinski definition) is 6. The number of carboxylic acid groups (broad SMARTS) is 2. The summed E-state index contributed by atoms with van der Waals surface area (Å²) in [5.41, 5.74) is 0.214. The van der Waals surface area contributed by atoms with Gasteiger partial charge in [-0.05, 0) is 18.2 Å². The van der Waals surface area contributed by atoms with Crippen molar-refractivity contribution in [3.8, 4) is 11.6 Å². The first-order valence-electron chi connectivity index (χ1n) is 4.63. The van der Waals surface area contributed by atoms with Gasteiger partial charge in [0.05, 0.1) is 0 Å². The molecule has 0 amide bonds. The lowest BCUT2D eigenvalue weighted by atomic mass is 10.3. The Bertz CT molecular complexity index is 572. The minimum atomic E-state index is -1.63. The number of aromatic nitrogens is 2. The average Bonchev–Trinajstić information content (AvgIpc) is 2.28. The van der Waals surface area contributed by atoms with Gasteiger partial charge in [-0.15, -0.1) is 0 Å². The van der Waals surface area contributed by atoms with Gasteiger partial charge in [-0.2, -0.15) is 4.98 Å². The number of pyridine rings is 2. The highest BCUT2D eigenvalue weighted by Crippen LogP contribution is 2.28. The molecule has 0 aliphatic carbocycles. The highest BCUT2D eigenvalue weighted by molar-refractivity contribution is 5.79. The number of rotatable bonds is 2. The first-order chi connectivity index (χ1) is 8.56. The molecule has 0 unspecified atom stereocenters. The van der Waals surface area contributed by atoms with Gasteiger partial charge in [-0.3, -0.25) is 0 Å². The molecule has 0 fully saturated rings. The molecule has 0 saturated heterocycles. The number of fused-ring (bicyclic) bond motifs is 1. The summed E-state index contributed by atoms with van der Waals surface area (Å²) < 4.78 is 8.72. The van der Waals surface area contributed by atoms with Gasteiger partial charge in [0.15, 0.2) is 11.4 Å². The molecule has 2 N–H and O–H groups in total. The molecule has 2 heterocycles. The lowest BCUT2D eigenvalue weighted by Gasteiger charge is -2.06. The Hall–Kier alpha value is -2.90. The Morgan fingerprint density at radius 1 is 1.17 bits per heavy atom. The topological polar surface area (TPSA) is 119 Å². The number of carbonyl (C=O) groups is 2. The van der Waals surface area contributed by atoms with Crippen molar-refractivity contribution < 1.29 is 29.3 Å². The lowest BCUT2D eigenvalue weighted by Crippen LogP contribution is -2.10. The van der Waals surface area contributed by atoms with Gasteiger partial charge in [0, 0.05) is 11.6 Å². The number of ether oxygens (including phenoxy) is 2. The van der Waals surface area contributed by atoms with Crippen molar-refractivity contribution in [2.45, 2.75) is 0 Å². The van der Waals surface area contributed by atoms with Gasteiger partial charge >= 0.3 is 12.3 Å². The van der Waals surface area contributed by atoms with Crippen LogP contribution in [0.3, 0.4) is 0 Å². The van der Waals surface area contributed by atoms with Crippen LogP contribution in [0.25, 0.3) is 11.0 Å². The average molecular weight is 250 g/mol. The fourth-order valence-electron chi connectivity index (χ4n) is 1.29. The molecule has 0 spiro atoms. The summed E-state index contributed by atoms with van der Waals surface area (Å²) in [5, 5.41) is 17.5. The predicted molar refractivity (Wildman–Crippen MR) is 56.8 cm³/mol. The van der Waals surface area contributed by atoms with E-state index in [2.05, 4.69) is 19.4 Å². The maximum absolute atomic E-state index is 10.5.